The van der Waals surface area contributed by atoms with Crippen LogP contribution < -0.4 is 10.1 Å². The summed E-state index contributed by atoms with van der Waals surface area (Å²) in [6.45, 7) is 8.46. The van der Waals surface area contributed by atoms with Gasteiger partial charge in [0.05, 0.1) is 12.1 Å². The average Bonchev–Trinajstić information content (AvgIpc) is 3.26. The molecule has 1 N–H and O–H groups in total. The number of piperazine rings is 1. The predicted molar refractivity (Wildman–Crippen MR) is 127 cm³/mol. The van der Waals surface area contributed by atoms with Crippen molar-refractivity contribution in [3.05, 3.63) is 70.9 Å². The lowest BCUT2D eigenvalue weighted by Crippen LogP contribution is -2.50. The van der Waals surface area contributed by atoms with E-state index in [1.807, 2.05) is 44.2 Å². The molecule has 2 heterocycles. The minimum atomic E-state index is -0.0978. The molecule has 2 amide bonds. The number of nitrogens with zero attached hydrogens (tertiary/aromatic N) is 4. The monoisotopic (exact) mass is 463 g/mol. The van der Waals surface area contributed by atoms with E-state index in [9.17, 15) is 9.59 Å². The van der Waals surface area contributed by atoms with Crippen LogP contribution in [0.5, 0.6) is 5.75 Å². The van der Waals surface area contributed by atoms with Gasteiger partial charge >= 0.3 is 0 Å². The zero-order valence-corrected chi connectivity index (χ0v) is 19.7. The summed E-state index contributed by atoms with van der Waals surface area (Å²) in [6, 6.07) is 13.0. The van der Waals surface area contributed by atoms with Crippen LogP contribution in [0, 0.1) is 20.8 Å². The standard InChI is InChI=1S/C25H29N5O4/c1-17-7-6-9-21(18(17)2)27-24(31)15-29-11-13-30(14-12-29)25(32)20-8-4-5-10-22(20)33-16-23-26-19(3)34-28-23/h4-10H,11-16H2,1-3H3,(H,27,31). The summed E-state index contributed by atoms with van der Waals surface area (Å²) in [5.74, 6) is 1.21. The average molecular weight is 464 g/mol. The molecule has 1 aromatic heterocycles. The first kappa shape index (κ1) is 23.4. The van der Waals surface area contributed by atoms with Crippen LogP contribution in [0.25, 0.3) is 0 Å². The van der Waals surface area contributed by atoms with Crippen molar-refractivity contribution in [3.63, 3.8) is 0 Å². The molecule has 1 aliphatic rings. The number of hydrogen-bond acceptors (Lipinski definition) is 7. The molecule has 0 unspecified atom stereocenters. The first-order valence-corrected chi connectivity index (χ1v) is 11.3. The molecule has 0 aliphatic carbocycles. The van der Waals surface area contributed by atoms with Crippen LogP contribution in [0.2, 0.25) is 0 Å². The Morgan fingerprint density at radius 2 is 1.79 bits per heavy atom. The van der Waals surface area contributed by atoms with Gasteiger partial charge in [-0.3, -0.25) is 14.5 Å². The van der Waals surface area contributed by atoms with Crippen molar-refractivity contribution in [2.24, 2.45) is 0 Å². The van der Waals surface area contributed by atoms with E-state index in [0.717, 1.165) is 16.8 Å². The van der Waals surface area contributed by atoms with Crippen molar-refractivity contribution < 1.29 is 18.8 Å². The van der Waals surface area contributed by atoms with Crippen LogP contribution in [-0.2, 0) is 11.4 Å². The summed E-state index contributed by atoms with van der Waals surface area (Å²) in [5, 5.41) is 6.82. The van der Waals surface area contributed by atoms with E-state index >= 15 is 0 Å². The highest BCUT2D eigenvalue weighted by Gasteiger charge is 2.25. The zero-order valence-electron chi connectivity index (χ0n) is 19.7. The summed E-state index contributed by atoms with van der Waals surface area (Å²) in [7, 11) is 0. The number of rotatable bonds is 7. The van der Waals surface area contributed by atoms with Crippen molar-refractivity contribution in [1.82, 2.24) is 19.9 Å². The van der Waals surface area contributed by atoms with E-state index in [0.29, 0.717) is 55.8 Å². The summed E-state index contributed by atoms with van der Waals surface area (Å²) in [5.41, 5.74) is 3.54. The van der Waals surface area contributed by atoms with Gasteiger partial charge in [-0.1, -0.05) is 29.4 Å². The van der Waals surface area contributed by atoms with Gasteiger partial charge in [0.25, 0.3) is 5.91 Å². The maximum absolute atomic E-state index is 13.2. The van der Waals surface area contributed by atoms with Gasteiger partial charge < -0.3 is 19.5 Å². The number of carbonyl (C=O) groups excluding carboxylic acids is 2. The van der Waals surface area contributed by atoms with E-state index in [1.165, 1.54) is 0 Å². The third kappa shape index (κ3) is 5.60. The molecule has 1 fully saturated rings. The summed E-state index contributed by atoms with van der Waals surface area (Å²) in [6.07, 6.45) is 0. The second-order valence-electron chi connectivity index (χ2n) is 8.38. The number of para-hydroxylation sites is 1. The Bertz CT molecular complexity index is 1170. The Balaban J connectivity index is 1.30. The van der Waals surface area contributed by atoms with Gasteiger partial charge in [-0.05, 0) is 43.2 Å². The molecule has 0 radical (unpaired) electrons. The fourth-order valence-electron chi connectivity index (χ4n) is 3.87. The van der Waals surface area contributed by atoms with Gasteiger partial charge in [0.1, 0.15) is 5.75 Å². The molecule has 2 aromatic carbocycles. The Morgan fingerprint density at radius 1 is 1.03 bits per heavy atom. The molecule has 9 heteroatoms. The molecule has 0 spiro atoms. The van der Waals surface area contributed by atoms with Crippen molar-refractivity contribution >= 4 is 17.5 Å². The molecule has 0 atom stereocenters. The first-order chi connectivity index (χ1) is 16.4. The molecule has 0 bridgehead atoms. The fraction of sp³-hybridized carbons (Fsp3) is 0.360. The maximum Gasteiger partial charge on any atom is 0.257 e. The lowest BCUT2D eigenvalue weighted by molar-refractivity contribution is -0.117. The van der Waals surface area contributed by atoms with E-state index < -0.39 is 0 Å². The SMILES string of the molecule is Cc1nc(COc2ccccc2C(=O)N2CCN(CC(=O)Nc3cccc(C)c3C)CC2)no1. The highest BCUT2D eigenvalue weighted by molar-refractivity contribution is 5.97. The quantitative estimate of drug-likeness (QED) is 0.575. The molecule has 3 aromatic rings. The van der Waals surface area contributed by atoms with Crippen LogP contribution >= 0.6 is 0 Å². The highest BCUT2D eigenvalue weighted by atomic mass is 16.5. The van der Waals surface area contributed by atoms with Gasteiger partial charge in [0.2, 0.25) is 17.6 Å². The predicted octanol–water partition coefficient (Wildman–Crippen LogP) is 2.97. The molecular weight excluding hydrogens is 434 g/mol. The Labute approximate surface area is 198 Å². The van der Waals surface area contributed by atoms with Crippen molar-refractivity contribution in [1.29, 1.82) is 0 Å². The maximum atomic E-state index is 13.2. The molecule has 9 nitrogen and oxygen atoms in total. The minimum absolute atomic E-state index is 0.0519. The molecule has 34 heavy (non-hydrogen) atoms. The molecule has 0 saturated carbocycles. The fourth-order valence-corrected chi connectivity index (χ4v) is 3.87. The smallest absolute Gasteiger partial charge is 0.257 e. The van der Waals surface area contributed by atoms with Gasteiger partial charge in [-0.2, -0.15) is 4.98 Å². The number of nitrogens with one attached hydrogen (secondary N) is 1. The minimum Gasteiger partial charge on any atom is -0.485 e. The second-order valence-corrected chi connectivity index (χ2v) is 8.38. The van der Waals surface area contributed by atoms with Gasteiger partial charge in [0, 0.05) is 38.8 Å². The van der Waals surface area contributed by atoms with E-state index in [1.54, 1.807) is 24.0 Å². The molecule has 1 saturated heterocycles. The van der Waals surface area contributed by atoms with E-state index in [4.69, 9.17) is 9.26 Å². The Morgan fingerprint density at radius 3 is 2.53 bits per heavy atom. The molecule has 178 valence electrons. The third-order valence-corrected chi connectivity index (χ3v) is 5.95. The zero-order chi connectivity index (χ0) is 24.1. The Kier molecular flexibility index (Phi) is 7.22. The lowest BCUT2D eigenvalue weighted by Gasteiger charge is -2.34. The number of anilines is 1. The Hall–Kier alpha value is -3.72. The highest BCUT2D eigenvalue weighted by Crippen LogP contribution is 2.22. The second kappa shape index (κ2) is 10.5. The van der Waals surface area contributed by atoms with Crippen LogP contribution in [0.15, 0.2) is 47.0 Å². The van der Waals surface area contributed by atoms with Crippen molar-refractivity contribution in [3.8, 4) is 5.75 Å². The van der Waals surface area contributed by atoms with Crippen molar-refractivity contribution in [2.45, 2.75) is 27.4 Å². The normalized spacial score (nSPS) is 14.1. The van der Waals surface area contributed by atoms with Gasteiger partial charge in [-0.25, -0.2) is 0 Å². The topological polar surface area (TPSA) is 101 Å². The largest absolute Gasteiger partial charge is 0.485 e. The third-order valence-electron chi connectivity index (χ3n) is 5.95. The van der Waals surface area contributed by atoms with Crippen LogP contribution in [-0.4, -0.2) is 64.5 Å². The van der Waals surface area contributed by atoms with Crippen molar-refractivity contribution in [2.75, 3.05) is 38.0 Å². The number of aryl methyl sites for hydroxylation is 2. The van der Waals surface area contributed by atoms with Crippen LogP contribution in [0.3, 0.4) is 0 Å². The number of ether oxygens (including phenoxy) is 1. The molecule has 4 rings (SSSR count). The molecule has 1 aliphatic heterocycles. The first-order valence-electron chi connectivity index (χ1n) is 11.3. The number of hydrogen-bond donors (Lipinski definition) is 1. The molecular formula is C25H29N5O4. The summed E-state index contributed by atoms with van der Waals surface area (Å²) < 4.78 is 10.8. The number of aromatic nitrogens is 2. The van der Waals surface area contributed by atoms with E-state index in [-0.39, 0.29) is 18.4 Å². The van der Waals surface area contributed by atoms with E-state index in [2.05, 4.69) is 20.4 Å². The summed E-state index contributed by atoms with van der Waals surface area (Å²) in [4.78, 5) is 33.7. The summed E-state index contributed by atoms with van der Waals surface area (Å²) >= 11 is 0. The van der Waals surface area contributed by atoms with Crippen LogP contribution in [0.4, 0.5) is 5.69 Å². The van der Waals surface area contributed by atoms with Crippen LogP contribution in [0.1, 0.15) is 33.2 Å². The van der Waals surface area contributed by atoms with Gasteiger partial charge in [0.15, 0.2) is 6.61 Å². The van der Waals surface area contributed by atoms with Gasteiger partial charge in [-0.15, -0.1) is 0 Å². The number of benzene rings is 2. The lowest BCUT2D eigenvalue weighted by atomic mass is 10.1. The number of carbonyl (C=O) groups is 2. The number of amides is 2.